The molecule has 188 valence electrons. The Bertz CT molecular complexity index is 1200. The highest BCUT2D eigenvalue weighted by Gasteiger charge is 2.44. The molecule has 0 radical (unpaired) electrons. The van der Waals surface area contributed by atoms with Gasteiger partial charge in [0.05, 0.1) is 0 Å². The van der Waals surface area contributed by atoms with Crippen molar-refractivity contribution in [2.75, 3.05) is 23.3 Å². The Morgan fingerprint density at radius 3 is 2.43 bits per heavy atom. The van der Waals surface area contributed by atoms with E-state index in [9.17, 15) is 30.7 Å². The quantitative estimate of drug-likeness (QED) is 0.508. The number of aromatic nitrogens is 4. The van der Waals surface area contributed by atoms with E-state index in [0.29, 0.717) is 18.8 Å². The fraction of sp³-hybridized carbons (Fsp3) is 0.476. The zero-order valence-corrected chi connectivity index (χ0v) is 17.9. The summed E-state index contributed by atoms with van der Waals surface area (Å²) < 4.78 is 95.8. The standard InChI is InChI=1S/C21H19F7N6O/c22-18(21(26,27)28)35-14-2-1-7-34-17(14)31-19(32-34)30-16-11-3-4-12(16)10-33(9-11)13-5-6-29-15(8-13)20(23,24)25/h1-2,5-8,11-12,16,18H,3-4,9-10H2,(H,30,32)/t11-,12+,16?,18?. The van der Waals surface area contributed by atoms with Gasteiger partial charge in [-0.2, -0.15) is 35.7 Å². The van der Waals surface area contributed by atoms with Crippen LogP contribution in [0, 0.1) is 11.8 Å². The average molecular weight is 504 g/mol. The largest absolute Gasteiger partial charge is 0.457 e. The van der Waals surface area contributed by atoms with Gasteiger partial charge in [0.2, 0.25) is 5.95 Å². The van der Waals surface area contributed by atoms with E-state index in [1.54, 1.807) is 6.07 Å². The lowest BCUT2D eigenvalue weighted by Crippen LogP contribution is -2.48. The smallest absolute Gasteiger partial charge is 0.448 e. The Morgan fingerprint density at radius 2 is 1.77 bits per heavy atom. The molecule has 3 aromatic heterocycles. The number of rotatable bonds is 5. The van der Waals surface area contributed by atoms with Crippen LogP contribution in [0.3, 0.4) is 0 Å². The van der Waals surface area contributed by atoms with Gasteiger partial charge in [0.25, 0.3) is 0 Å². The molecule has 1 saturated heterocycles. The van der Waals surface area contributed by atoms with E-state index in [1.807, 2.05) is 4.90 Å². The van der Waals surface area contributed by atoms with Gasteiger partial charge >= 0.3 is 18.7 Å². The molecule has 0 aromatic carbocycles. The minimum atomic E-state index is -5.18. The monoisotopic (exact) mass is 504 g/mol. The molecule has 2 bridgehead atoms. The molecular formula is C21H19F7N6O. The van der Waals surface area contributed by atoms with Crippen LogP contribution in [-0.4, -0.2) is 51.2 Å². The Kier molecular flexibility index (Phi) is 5.63. The molecule has 4 atom stereocenters. The molecule has 2 unspecified atom stereocenters. The SMILES string of the molecule is FC(Oc1cccn2nc(NC3[C@@H]4CC[C@H]3CN(c3ccnc(C(F)(F)F)c3)C4)nc12)C(F)(F)F. The van der Waals surface area contributed by atoms with Crippen LogP contribution >= 0.6 is 0 Å². The minimum Gasteiger partial charge on any atom is -0.448 e. The van der Waals surface area contributed by atoms with Crippen LogP contribution in [0.25, 0.3) is 5.65 Å². The molecule has 2 aliphatic rings. The van der Waals surface area contributed by atoms with Gasteiger partial charge in [0.15, 0.2) is 11.4 Å². The van der Waals surface area contributed by atoms with Gasteiger partial charge in [0.1, 0.15) is 5.69 Å². The number of hydrogen-bond donors (Lipinski definition) is 1. The summed E-state index contributed by atoms with van der Waals surface area (Å²) in [5, 5.41) is 7.43. The van der Waals surface area contributed by atoms with Gasteiger partial charge in [-0.3, -0.25) is 4.98 Å². The number of halogens is 7. The lowest BCUT2D eigenvalue weighted by atomic mass is 9.92. The molecule has 3 aromatic rings. The summed E-state index contributed by atoms with van der Waals surface area (Å²) in [5.41, 5.74) is -0.584. The summed E-state index contributed by atoms with van der Waals surface area (Å²) in [7, 11) is 0. The van der Waals surface area contributed by atoms with Gasteiger partial charge in [-0.25, -0.2) is 4.52 Å². The van der Waals surface area contributed by atoms with E-state index in [2.05, 4.69) is 25.1 Å². The van der Waals surface area contributed by atoms with Crippen molar-refractivity contribution in [1.29, 1.82) is 0 Å². The number of alkyl halides is 7. The summed E-state index contributed by atoms with van der Waals surface area (Å²) >= 11 is 0. The first-order valence-electron chi connectivity index (χ1n) is 10.8. The third kappa shape index (κ3) is 4.65. The van der Waals surface area contributed by atoms with E-state index in [-0.39, 0.29) is 29.5 Å². The van der Waals surface area contributed by atoms with Crippen LogP contribution < -0.4 is 15.0 Å². The molecule has 5 rings (SSSR count). The number of piperidine rings is 1. The summed E-state index contributed by atoms with van der Waals surface area (Å²) in [5.74, 6) is -0.103. The highest BCUT2D eigenvalue weighted by Crippen LogP contribution is 2.41. The molecule has 35 heavy (non-hydrogen) atoms. The molecule has 0 amide bonds. The van der Waals surface area contributed by atoms with E-state index >= 15 is 0 Å². The molecule has 7 nitrogen and oxygen atoms in total. The Balaban J connectivity index is 1.32. The van der Waals surface area contributed by atoms with Crippen molar-refractivity contribution >= 4 is 17.3 Å². The van der Waals surface area contributed by atoms with Crippen LogP contribution in [0.1, 0.15) is 18.5 Å². The number of ether oxygens (including phenoxy) is 1. The fourth-order valence-corrected chi connectivity index (χ4v) is 4.80. The summed E-state index contributed by atoms with van der Waals surface area (Å²) in [4.78, 5) is 9.50. The van der Waals surface area contributed by atoms with Gasteiger partial charge in [-0.1, -0.05) is 0 Å². The van der Waals surface area contributed by atoms with Gasteiger partial charge in [-0.05, 0) is 48.9 Å². The molecule has 4 heterocycles. The summed E-state index contributed by atoms with van der Waals surface area (Å²) in [6.07, 6.45) is -8.95. The second-order valence-corrected chi connectivity index (χ2v) is 8.62. The van der Waals surface area contributed by atoms with E-state index < -0.39 is 30.2 Å². The topological polar surface area (TPSA) is 67.6 Å². The van der Waals surface area contributed by atoms with Crippen molar-refractivity contribution in [3.05, 3.63) is 42.4 Å². The maximum atomic E-state index is 13.4. The molecule has 14 heteroatoms. The third-order valence-corrected chi connectivity index (χ3v) is 6.34. The van der Waals surface area contributed by atoms with Crippen molar-refractivity contribution in [3.63, 3.8) is 0 Å². The number of fused-ring (bicyclic) bond motifs is 3. The highest BCUT2D eigenvalue weighted by atomic mass is 19.4. The number of anilines is 2. The zero-order valence-electron chi connectivity index (χ0n) is 17.9. The van der Waals surface area contributed by atoms with Crippen molar-refractivity contribution < 1.29 is 35.5 Å². The second kappa shape index (κ2) is 8.41. The van der Waals surface area contributed by atoms with Crippen LogP contribution in [-0.2, 0) is 6.18 Å². The van der Waals surface area contributed by atoms with E-state index in [0.717, 1.165) is 31.2 Å². The number of nitrogens with one attached hydrogen (secondary N) is 1. The first kappa shape index (κ1) is 23.4. The Morgan fingerprint density at radius 1 is 1.06 bits per heavy atom. The molecule has 1 saturated carbocycles. The van der Waals surface area contributed by atoms with Gasteiger partial charge in [0, 0.05) is 37.2 Å². The van der Waals surface area contributed by atoms with Crippen molar-refractivity contribution in [1.82, 2.24) is 19.6 Å². The Hall–Kier alpha value is -3.32. The van der Waals surface area contributed by atoms with Crippen molar-refractivity contribution in [2.45, 2.75) is 37.6 Å². The predicted octanol–water partition coefficient (Wildman–Crippen LogP) is 4.71. The Labute approximate surface area is 193 Å². The van der Waals surface area contributed by atoms with Crippen molar-refractivity contribution in [2.24, 2.45) is 11.8 Å². The maximum absolute atomic E-state index is 13.4. The number of nitrogens with zero attached hydrogens (tertiary/aromatic N) is 5. The lowest BCUT2D eigenvalue weighted by molar-refractivity contribution is -0.236. The minimum absolute atomic E-state index is 0.0804. The normalized spacial score (nSPS) is 23.5. The van der Waals surface area contributed by atoms with Crippen LogP contribution in [0.15, 0.2) is 36.7 Å². The molecule has 1 aliphatic carbocycles. The second-order valence-electron chi connectivity index (χ2n) is 8.62. The predicted molar refractivity (Wildman–Crippen MR) is 110 cm³/mol. The van der Waals surface area contributed by atoms with Gasteiger partial charge < -0.3 is 15.0 Å². The molecular weight excluding hydrogens is 485 g/mol. The first-order chi connectivity index (χ1) is 16.5. The third-order valence-electron chi connectivity index (χ3n) is 6.34. The summed E-state index contributed by atoms with van der Waals surface area (Å²) in [6.45, 7) is 1.01. The van der Waals surface area contributed by atoms with E-state index in [1.165, 1.54) is 16.8 Å². The molecule has 2 fully saturated rings. The first-order valence-corrected chi connectivity index (χ1v) is 10.8. The molecule has 1 N–H and O–H groups in total. The van der Waals surface area contributed by atoms with Gasteiger partial charge in [-0.15, -0.1) is 5.10 Å². The maximum Gasteiger partial charge on any atom is 0.457 e. The highest BCUT2D eigenvalue weighted by molar-refractivity contribution is 5.56. The van der Waals surface area contributed by atoms with Crippen LogP contribution in [0.4, 0.5) is 42.4 Å². The fourth-order valence-electron chi connectivity index (χ4n) is 4.80. The lowest BCUT2D eigenvalue weighted by Gasteiger charge is -2.39. The molecule has 0 spiro atoms. The van der Waals surface area contributed by atoms with E-state index in [4.69, 9.17) is 0 Å². The average Bonchev–Trinajstić information content (AvgIpc) is 3.29. The molecule has 1 aliphatic heterocycles. The number of pyridine rings is 2. The zero-order chi connectivity index (χ0) is 25.0. The van der Waals surface area contributed by atoms with Crippen LogP contribution in [0.2, 0.25) is 0 Å². The summed E-state index contributed by atoms with van der Waals surface area (Å²) in [6, 6.07) is 5.03. The van der Waals surface area contributed by atoms with Crippen molar-refractivity contribution in [3.8, 4) is 5.75 Å². The number of hydrogen-bond acceptors (Lipinski definition) is 6. The van der Waals surface area contributed by atoms with Crippen LogP contribution in [0.5, 0.6) is 5.75 Å².